The number of hydrogen-bond acceptors (Lipinski definition) is 2. The Labute approximate surface area is 82.3 Å². The SMILES string of the molecule is CCOCCCCN1CCC[C@H]1C. The van der Waals surface area contributed by atoms with Gasteiger partial charge >= 0.3 is 0 Å². The Morgan fingerprint density at radius 1 is 1.38 bits per heavy atom. The quantitative estimate of drug-likeness (QED) is 0.589. The van der Waals surface area contributed by atoms with Crippen LogP contribution >= 0.6 is 0 Å². The molecule has 0 unspecified atom stereocenters. The molecule has 1 aliphatic heterocycles. The molecular formula is C11H23NO. The molecule has 0 bridgehead atoms. The number of nitrogens with zero attached hydrogens (tertiary/aromatic N) is 1. The predicted molar refractivity (Wildman–Crippen MR) is 56.0 cm³/mol. The first-order chi connectivity index (χ1) is 6.34. The lowest BCUT2D eigenvalue weighted by molar-refractivity contribution is 0.138. The van der Waals surface area contributed by atoms with Gasteiger partial charge in [0.25, 0.3) is 0 Å². The highest BCUT2D eigenvalue weighted by molar-refractivity contribution is 4.74. The molecule has 0 aromatic heterocycles. The van der Waals surface area contributed by atoms with Crippen LogP contribution in [0.5, 0.6) is 0 Å². The van der Waals surface area contributed by atoms with Crippen LogP contribution in [0.1, 0.15) is 39.5 Å². The third-order valence-corrected chi connectivity index (χ3v) is 2.88. The minimum absolute atomic E-state index is 0.826. The van der Waals surface area contributed by atoms with E-state index in [1.807, 2.05) is 0 Å². The molecule has 1 saturated heterocycles. The monoisotopic (exact) mass is 185 g/mol. The largest absolute Gasteiger partial charge is 0.382 e. The van der Waals surface area contributed by atoms with Gasteiger partial charge in [0.15, 0.2) is 0 Å². The number of likely N-dealkylation sites (tertiary alicyclic amines) is 1. The molecule has 2 heteroatoms. The maximum absolute atomic E-state index is 5.31. The van der Waals surface area contributed by atoms with Crippen molar-refractivity contribution in [2.75, 3.05) is 26.3 Å². The second-order valence-corrected chi connectivity index (χ2v) is 3.93. The van der Waals surface area contributed by atoms with Crippen LogP contribution in [0, 0.1) is 0 Å². The van der Waals surface area contributed by atoms with Crippen LogP contribution in [0.2, 0.25) is 0 Å². The summed E-state index contributed by atoms with van der Waals surface area (Å²) in [7, 11) is 0. The molecule has 0 aromatic rings. The van der Waals surface area contributed by atoms with E-state index >= 15 is 0 Å². The molecule has 1 fully saturated rings. The summed E-state index contributed by atoms with van der Waals surface area (Å²) in [6, 6.07) is 0.826. The first-order valence-corrected chi connectivity index (χ1v) is 5.66. The van der Waals surface area contributed by atoms with Gasteiger partial charge in [0.2, 0.25) is 0 Å². The normalized spacial score (nSPS) is 24.0. The van der Waals surface area contributed by atoms with Crippen molar-refractivity contribution in [1.29, 1.82) is 0 Å². The second-order valence-electron chi connectivity index (χ2n) is 3.93. The van der Waals surface area contributed by atoms with Crippen LogP contribution in [-0.4, -0.2) is 37.2 Å². The predicted octanol–water partition coefficient (Wildman–Crippen LogP) is 2.29. The third kappa shape index (κ3) is 4.10. The molecule has 78 valence electrons. The minimum Gasteiger partial charge on any atom is -0.382 e. The molecule has 0 amide bonds. The van der Waals surface area contributed by atoms with Gasteiger partial charge in [-0.2, -0.15) is 0 Å². The smallest absolute Gasteiger partial charge is 0.0466 e. The lowest BCUT2D eigenvalue weighted by Gasteiger charge is -2.20. The molecule has 1 atom stereocenters. The van der Waals surface area contributed by atoms with Crippen molar-refractivity contribution in [2.24, 2.45) is 0 Å². The van der Waals surface area contributed by atoms with E-state index in [1.54, 1.807) is 0 Å². The van der Waals surface area contributed by atoms with Gasteiger partial charge in [0.05, 0.1) is 0 Å². The van der Waals surface area contributed by atoms with Crippen LogP contribution in [0.15, 0.2) is 0 Å². The lowest BCUT2D eigenvalue weighted by Crippen LogP contribution is -2.27. The van der Waals surface area contributed by atoms with Crippen molar-refractivity contribution in [3.05, 3.63) is 0 Å². The van der Waals surface area contributed by atoms with Crippen molar-refractivity contribution >= 4 is 0 Å². The number of ether oxygens (including phenoxy) is 1. The first kappa shape index (κ1) is 11.0. The molecule has 1 aliphatic rings. The summed E-state index contributed by atoms with van der Waals surface area (Å²) >= 11 is 0. The summed E-state index contributed by atoms with van der Waals surface area (Å²) in [4.78, 5) is 2.60. The highest BCUT2D eigenvalue weighted by Gasteiger charge is 2.18. The van der Waals surface area contributed by atoms with E-state index in [4.69, 9.17) is 4.74 Å². The summed E-state index contributed by atoms with van der Waals surface area (Å²) < 4.78 is 5.31. The topological polar surface area (TPSA) is 12.5 Å². The fourth-order valence-corrected chi connectivity index (χ4v) is 1.99. The molecular weight excluding hydrogens is 162 g/mol. The van der Waals surface area contributed by atoms with Gasteiger partial charge in [-0.15, -0.1) is 0 Å². The van der Waals surface area contributed by atoms with Crippen LogP contribution < -0.4 is 0 Å². The van der Waals surface area contributed by atoms with E-state index in [0.29, 0.717) is 0 Å². The maximum atomic E-state index is 5.31. The fraction of sp³-hybridized carbons (Fsp3) is 1.00. The molecule has 2 nitrogen and oxygen atoms in total. The highest BCUT2D eigenvalue weighted by Crippen LogP contribution is 2.16. The molecule has 0 aliphatic carbocycles. The molecule has 1 heterocycles. The van der Waals surface area contributed by atoms with Gasteiger partial charge in [-0.1, -0.05) is 0 Å². The van der Waals surface area contributed by atoms with Crippen LogP contribution in [0.3, 0.4) is 0 Å². The molecule has 0 spiro atoms. The van der Waals surface area contributed by atoms with Gasteiger partial charge in [0, 0.05) is 19.3 Å². The van der Waals surface area contributed by atoms with Crippen molar-refractivity contribution in [3.8, 4) is 0 Å². The standard InChI is InChI=1S/C11H23NO/c1-3-13-10-5-4-8-12-9-6-7-11(12)2/h11H,3-10H2,1-2H3/t11-/m1/s1. The van der Waals surface area contributed by atoms with Gasteiger partial charge in [0.1, 0.15) is 0 Å². The molecule has 0 aromatic carbocycles. The van der Waals surface area contributed by atoms with Gasteiger partial charge in [-0.25, -0.2) is 0 Å². The summed E-state index contributed by atoms with van der Waals surface area (Å²) in [5.41, 5.74) is 0. The second kappa shape index (κ2) is 6.39. The Morgan fingerprint density at radius 3 is 2.85 bits per heavy atom. The molecule has 0 radical (unpaired) electrons. The number of hydrogen-bond donors (Lipinski definition) is 0. The van der Waals surface area contributed by atoms with Crippen LogP contribution in [0.25, 0.3) is 0 Å². The zero-order chi connectivity index (χ0) is 9.52. The van der Waals surface area contributed by atoms with Gasteiger partial charge < -0.3 is 9.64 Å². The number of unbranched alkanes of at least 4 members (excludes halogenated alkanes) is 1. The highest BCUT2D eigenvalue weighted by atomic mass is 16.5. The Kier molecular flexibility index (Phi) is 5.40. The molecule has 1 rings (SSSR count). The number of rotatable bonds is 6. The average molecular weight is 185 g/mol. The molecule has 0 saturated carbocycles. The molecule has 0 N–H and O–H groups in total. The van der Waals surface area contributed by atoms with Crippen LogP contribution in [-0.2, 0) is 4.74 Å². The maximum Gasteiger partial charge on any atom is 0.0466 e. The Morgan fingerprint density at radius 2 is 2.23 bits per heavy atom. The zero-order valence-electron chi connectivity index (χ0n) is 9.09. The first-order valence-electron chi connectivity index (χ1n) is 5.66. The van der Waals surface area contributed by atoms with E-state index in [-0.39, 0.29) is 0 Å². The molecule has 13 heavy (non-hydrogen) atoms. The van der Waals surface area contributed by atoms with Gasteiger partial charge in [-0.3, -0.25) is 0 Å². The summed E-state index contributed by atoms with van der Waals surface area (Å²) in [6.45, 7) is 8.79. The van der Waals surface area contributed by atoms with E-state index in [0.717, 1.165) is 19.3 Å². The average Bonchev–Trinajstić information content (AvgIpc) is 2.52. The van der Waals surface area contributed by atoms with Crippen molar-refractivity contribution in [2.45, 2.75) is 45.6 Å². The Balaban J connectivity index is 1.93. The summed E-state index contributed by atoms with van der Waals surface area (Å²) in [5, 5.41) is 0. The third-order valence-electron chi connectivity index (χ3n) is 2.88. The van der Waals surface area contributed by atoms with E-state index in [2.05, 4.69) is 18.7 Å². The van der Waals surface area contributed by atoms with Crippen LogP contribution in [0.4, 0.5) is 0 Å². The van der Waals surface area contributed by atoms with E-state index in [1.165, 1.54) is 38.8 Å². The minimum atomic E-state index is 0.826. The van der Waals surface area contributed by atoms with Crippen molar-refractivity contribution in [1.82, 2.24) is 4.90 Å². The Hall–Kier alpha value is -0.0800. The lowest BCUT2D eigenvalue weighted by atomic mass is 10.2. The summed E-state index contributed by atoms with van der Waals surface area (Å²) in [6.07, 6.45) is 5.31. The zero-order valence-corrected chi connectivity index (χ0v) is 9.09. The van der Waals surface area contributed by atoms with Gasteiger partial charge in [-0.05, 0) is 52.6 Å². The van der Waals surface area contributed by atoms with E-state index < -0.39 is 0 Å². The fourth-order valence-electron chi connectivity index (χ4n) is 1.99. The van der Waals surface area contributed by atoms with Crippen molar-refractivity contribution < 1.29 is 4.74 Å². The van der Waals surface area contributed by atoms with Crippen molar-refractivity contribution in [3.63, 3.8) is 0 Å². The summed E-state index contributed by atoms with van der Waals surface area (Å²) in [5.74, 6) is 0. The van der Waals surface area contributed by atoms with E-state index in [9.17, 15) is 0 Å². The Bertz CT molecular complexity index is 127.